The van der Waals surface area contributed by atoms with Gasteiger partial charge in [-0.3, -0.25) is 0 Å². The van der Waals surface area contributed by atoms with Gasteiger partial charge in [-0.15, -0.1) is 0 Å². The molecule has 0 fully saturated rings. The van der Waals surface area contributed by atoms with Crippen molar-refractivity contribution >= 4 is 64.6 Å². The van der Waals surface area contributed by atoms with Crippen LogP contribution in [0.2, 0.25) is 0 Å². The van der Waals surface area contributed by atoms with Crippen molar-refractivity contribution in [2.24, 2.45) is 0 Å². The van der Waals surface area contributed by atoms with Crippen LogP contribution in [0.4, 0.5) is 0 Å². The van der Waals surface area contributed by atoms with Crippen molar-refractivity contribution < 1.29 is 0 Å². The number of hydrogen-bond acceptors (Lipinski definition) is 0. The Morgan fingerprint density at radius 1 is 0.147 bits per heavy atom. The van der Waals surface area contributed by atoms with Crippen LogP contribution in [0.15, 0.2) is 255 Å². The van der Waals surface area contributed by atoms with Gasteiger partial charge >= 0.3 is 0 Å². The lowest BCUT2D eigenvalue weighted by molar-refractivity contribution is 1.54. The standard InChI is InChI=1S/C68H42/c1-3-9-43(10-4-1)55-37-57(45-17-21-47(22-18-45)61-33-29-53-27-25-49-13-7-15-51-31-35-63(61)67(53)65(49)51)41-59(39-55)60-40-56(44-11-5-2-6-12-44)38-58(42-60)46-19-23-48(24-20-46)62-34-30-54-28-26-50-14-8-16-52-32-36-64(62)68(54)66(50)52/h1-42H. The highest BCUT2D eigenvalue weighted by Crippen LogP contribution is 2.43. The maximum absolute atomic E-state index is 2.38. The summed E-state index contributed by atoms with van der Waals surface area (Å²) in [6.45, 7) is 0. The van der Waals surface area contributed by atoms with Crippen LogP contribution in [0.25, 0.3) is 143 Å². The minimum absolute atomic E-state index is 1.18. The summed E-state index contributed by atoms with van der Waals surface area (Å²) in [5.41, 5.74) is 16.9. The zero-order valence-corrected chi connectivity index (χ0v) is 37.2. The zero-order chi connectivity index (χ0) is 44.7. The van der Waals surface area contributed by atoms with Gasteiger partial charge in [-0.25, -0.2) is 0 Å². The molecule has 0 saturated heterocycles. The first-order chi connectivity index (χ1) is 33.7. The van der Waals surface area contributed by atoms with Gasteiger partial charge in [0.1, 0.15) is 0 Å². The van der Waals surface area contributed by atoms with Crippen LogP contribution < -0.4 is 0 Å². The lowest BCUT2D eigenvalue weighted by Crippen LogP contribution is -1.90. The molecule has 14 rings (SSSR count). The second kappa shape index (κ2) is 15.4. The lowest BCUT2D eigenvalue weighted by Gasteiger charge is -2.16. The molecule has 0 aliphatic rings. The summed E-state index contributed by atoms with van der Waals surface area (Å²) >= 11 is 0. The lowest BCUT2D eigenvalue weighted by atomic mass is 9.88. The third kappa shape index (κ3) is 6.30. The van der Waals surface area contributed by atoms with E-state index < -0.39 is 0 Å². The third-order valence-electron chi connectivity index (χ3n) is 14.5. The maximum atomic E-state index is 2.38. The average molecular weight is 859 g/mol. The molecule has 314 valence electrons. The predicted molar refractivity (Wildman–Crippen MR) is 292 cm³/mol. The second-order valence-electron chi connectivity index (χ2n) is 18.4. The Labute approximate surface area is 395 Å². The van der Waals surface area contributed by atoms with E-state index in [2.05, 4.69) is 255 Å². The molecule has 0 saturated carbocycles. The second-order valence-corrected chi connectivity index (χ2v) is 18.4. The van der Waals surface area contributed by atoms with Gasteiger partial charge in [0.15, 0.2) is 0 Å². The van der Waals surface area contributed by atoms with Crippen LogP contribution >= 0.6 is 0 Å². The van der Waals surface area contributed by atoms with Crippen molar-refractivity contribution in [3.8, 4) is 77.9 Å². The fraction of sp³-hybridized carbons (Fsp3) is 0. The molecule has 0 heteroatoms. The van der Waals surface area contributed by atoms with Gasteiger partial charge in [0.2, 0.25) is 0 Å². The topological polar surface area (TPSA) is 0 Å². The fourth-order valence-electron chi connectivity index (χ4n) is 11.2. The van der Waals surface area contributed by atoms with Gasteiger partial charge in [0, 0.05) is 0 Å². The molecule has 0 aliphatic heterocycles. The van der Waals surface area contributed by atoms with Crippen molar-refractivity contribution in [2.45, 2.75) is 0 Å². The minimum Gasteiger partial charge on any atom is -0.0622 e. The van der Waals surface area contributed by atoms with E-state index in [4.69, 9.17) is 0 Å². The van der Waals surface area contributed by atoms with E-state index in [1.54, 1.807) is 0 Å². The molecule has 0 amide bonds. The van der Waals surface area contributed by atoms with Crippen LogP contribution in [0.3, 0.4) is 0 Å². The molecule has 0 aliphatic carbocycles. The van der Waals surface area contributed by atoms with E-state index in [1.807, 2.05) is 0 Å². The average Bonchev–Trinajstić information content (AvgIpc) is 3.42. The molecule has 68 heavy (non-hydrogen) atoms. The van der Waals surface area contributed by atoms with E-state index in [0.717, 1.165) is 0 Å². The fourth-order valence-corrected chi connectivity index (χ4v) is 11.2. The van der Waals surface area contributed by atoms with Crippen LogP contribution in [-0.2, 0) is 0 Å². The van der Waals surface area contributed by atoms with Crippen molar-refractivity contribution in [1.82, 2.24) is 0 Å². The van der Waals surface area contributed by atoms with Crippen LogP contribution in [0.5, 0.6) is 0 Å². The monoisotopic (exact) mass is 858 g/mol. The molecule has 14 aromatic carbocycles. The molecular weight excluding hydrogens is 817 g/mol. The summed E-state index contributed by atoms with van der Waals surface area (Å²) in [6.07, 6.45) is 0. The predicted octanol–water partition coefficient (Wildman–Crippen LogP) is 19.2. The van der Waals surface area contributed by atoms with E-state index in [-0.39, 0.29) is 0 Å². The number of benzene rings is 14. The van der Waals surface area contributed by atoms with Crippen LogP contribution in [0.1, 0.15) is 0 Å². The number of rotatable bonds is 7. The Morgan fingerprint density at radius 2 is 0.412 bits per heavy atom. The first kappa shape index (κ1) is 38.4. The Hall–Kier alpha value is -8.84. The number of hydrogen-bond donors (Lipinski definition) is 0. The Morgan fingerprint density at radius 3 is 0.765 bits per heavy atom. The minimum atomic E-state index is 1.18. The summed E-state index contributed by atoms with van der Waals surface area (Å²) in [7, 11) is 0. The van der Waals surface area contributed by atoms with E-state index in [9.17, 15) is 0 Å². The van der Waals surface area contributed by atoms with Crippen LogP contribution in [-0.4, -0.2) is 0 Å². The van der Waals surface area contributed by atoms with E-state index >= 15 is 0 Å². The Bertz CT molecular complexity index is 3890. The highest BCUT2D eigenvalue weighted by Gasteiger charge is 2.16. The molecule has 0 bridgehead atoms. The third-order valence-corrected chi connectivity index (χ3v) is 14.5. The molecule has 0 unspecified atom stereocenters. The van der Waals surface area contributed by atoms with Gasteiger partial charge in [-0.05, 0) is 179 Å². The largest absolute Gasteiger partial charge is 0.0622 e. The van der Waals surface area contributed by atoms with Gasteiger partial charge in [0.05, 0.1) is 0 Å². The molecule has 0 heterocycles. The molecular formula is C68H42. The molecule has 0 nitrogen and oxygen atoms in total. The molecule has 0 radical (unpaired) electrons. The molecule has 0 spiro atoms. The summed E-state index contributed by atoms with van der Waals surface area (Å²) in [5, 5.41) is 15.7. The highest BCUT2D eigenvalue weighted by molar-refractivity contribution is 6.26. The molecule has 0 N–H and O–H groups in total. The SMILES string of the molecule is c1ccc(-c2cc(-c3ccc(-c4ccc5ccc6cccc7ccc4c5c67)cc3)cc(-c3cc(-c4ccccc4)cc(-c4ccc(-c5ccc6ccc7cccc8ccc5c6c78)cc4)c3)c2)cc1. The van der Waals surface area contributed by atoms with Crippen molar-refractivity contribution in [2.75, 3.05) is 0 Å². The molecule has 0 atom stereocenters. The summed E-state index contributed by atoms with van der Waals surface area (Å²) in [5.74, 6) is 0. The first-order valence-corrected chi connectivity index (χ1v) is 23.6. The molecule has 0 aromatic heterocycles. The van der Waals surface area contributed by atoms with Gasteiger partial charge in [-0.1, -0.05) is 218 Å². The van der Waals surface area contributed by atoms with Gasteiger partial charge in [-0.2, -0.15) is 0 Å². The Kier molecular flexibility index (Phi) is 8.69. The highest BCUT2D eigenvalue weighted by atomic mass is 14.2. The van der Waals surface area contributed by atoms with Crippen molar-refractivity contribution in [3.63, 3.8) is 0 Å². The maximum Gasteiger partial charge on any atom is -0.00206 e. The Balaban J connectivity index is 0.876. The quantitative estimate of drug-likeness (QED) is 0.140. The van der Waals surface area contributed by atoms with Gasteiger partial charge < -0.3 is 0 Å². The van der Waals surface area contributed by atoms with E-state index in [0.29, 0.717) is 0 Å². The van der Waals surface area contributed by atoms with Crippen LogP contribution in [0, 0.1) is 0 Å². The van der Waals surface area contributed by atoms with Gasteiger partial charge in [0.25, 0.3) is 0 Å². The van der Waals surface area contributed by atoms with Crippen molar-refractivity contribution in [1.29, 1.82) is 0 Å². The summed E-state index contributed by atoms with van der Waals surface area (Å²) < 4.78 is 0. The summed E-state index contributed by atoms with van der Waals surface area (Å²) in [6, 6.07) is 94.8. The first-order valence-electron chi connectivity index (χ1n) is 23.6. The normalized spacial score (nSPS) is 11.8. The summed E-state index contributed by atoms with van der Waals surface area (Å²) in [4.78, 5) is 0. The van der Waals surface area contributed by atoms with Crippen molar-refractivity contribution in [3.05, 3.63) is 255 Å². The van der Waals surface area contributed by atoms with E-state index in [1.165, 1.54) is 143 Å². The smallest absolute Gasteiger partial charge is 0.00206 e. The molecule has 14 aromatic rings. The zero-order valence-electron chi connectivity index (χ0n) is 37.2.